The molecule has 4 aliphatic rings. The van der Waals surface area contributed by atoms with E-state index in [4.69, 9.17) is 9.47 Å². The van der Waals surface area contributed by atoms with Gasteiger partial charge in [0.25, 0.3) is 11.8 Å². The average molecular weight is 885 g/mol. The molecule has 12 nitrogen and oxygen atoms in total. The van der Waals surface area contributed by atoms with Crippen molar-refractivity contribution in [3.05, 3.63) is 70.0 Å². The van der Waals surface area contributed by atoms with Gasteiger partial charge in [0, 0.05) is 107 Å². The highest BCUT2D eigenvalue weighted by Crippen LogP contribution is 2.37. The van der Waals surface area contributed by atoms with E-state index in [0.29, 0.717) is 43.3 Å². The Bertz CT molecular complexity index is 2300. The van der Waals surface area contributed by atoms with Crippen molar-refractivity contribution in [2.24, 2.45) is 11.8 Å². The second-order valence-electron chi connectivity index (χ2n) is 20.2. The second-order valence-corrected chi connectivity index (χ2v) is 21.7. The Labute approximate surface area is 379 Å². The molecule has 0 saturated carbocycles. The predicted octanol–water partition coefficient (Wildman–Crippen LogP) is 10.7. The third-order valence-corrected chi connectivity index (χ3v) is 13.4. The number of ether oxygens (including phenoxy) is 2. The summed E-state index contributed by atoms with van der Waals surface area (Å²) in [5.41, 5.74) is 7.20. The van der Waals surface area contributed by atoms with Gasteiger partial charge in [0.05, 0.1) is 18.6 Å². The molecule has 4 aliphatic heterocycles. The van der Waals surface area contributed by atoms with Crippen molar-refractivity contribution in [2.45, 2.75) is 145 Å². The number of nitrogens with zero attached hydrogens (tertiary/aromatic N) is 5. The van der Waals surface area contributed by atoms with Crippen LogP contribution in [0.15, 0.2) is 36.4 Å². The van der Waals surface area contributed by atoms with Crippen molar-refractivity contribution in [3.8, 4) is 0 Å². The number of aromatic nitrogens is 2. The molecule has 63 heavy (non-hydrogen) atoms. The number of benzene rings is 2. The monoisotopic (exact) mass is 885 g/mol. The van der Waals surface area contributed by atoms with Gasteiger partial charge in [0.2, 0.25) is 0 Å². The summed E-state index contributed by atoms with van der Waals surface area (Å²) in [6.07, 6.45) is 5.24. The van der Waals surface area contributed by atoms with E-state index >= 15 is 0 Å². The van der Waals surface area contributed by atoms with E-state index in [1.807, 2.05) is 81.7 Å². The number of aromatic amines is 1. The highest BCUT2D eigenvalue weighted by atomic mass is 32.2. The van der Waals surface area contributed by atoms with Gasteiger partial charge in [0.1, 0.15) is 11.2 Å². The number of nitrogens with one attached hydrogen (secondary N) is 1. The fourth-order valence-electron chi connectivity index (χ4n) is 8.88. The first-order valence-electron chi connectivity index (χ1n) is 22.8. The molecule has 0 atom stereocenters. The first-order valence-corrected chi connectivity index (χ1v) is 23.6. The zero-order chi connectivity index (χ0) is 44.7. The van der Waals surface area contributed by atoms with Crippen molar-refractivity contribution < 1.29 is 28.7 Å². The van der Waals surface area contributed by atoms with E-state index in [1.165, 1.54) is 5.69 Å². The quantitative estimate of drug-likeness (QED) is 0.217. The summed E-state index contributed by atoms with van der Waals surface area (Å²) in [6.45, 7) is 25.8. The number of carbonyl (C=O) groups excluding carboxylic acids is 4. The number of hydrogen-bond donors (Lipinski definition) is 1. The minimum atomic E-state index is -0.523. The maximum absolute atomic E-state index is 13.3. The Morgan fingerprint density at radius 3 is 1.63 bits per heavy atom. The van der Waals surface area contributed by atoms with Gasteiger partial charge >= 0.3 is 12.2 Å². The molecule has 4 aromatic rings. The number of H-pyrrole nitrogens is 1. The fourth-order valence-corrected chi connectivity index (χ4v) is 9.91. The minimum Gasteiger partial charge on any atom is -0.444 e. The number of fused-ring (bicyclic) bond motifs is 6. The molecule has 2 saturated heterocycles. The topological polar surface area (TPSA) is 120 Å². The van der Waals surface area contributed by atoms with Crippen LogP contribution in [0.4, 0.5) is 9.59 Å². The summed E-state index contributed by atoms with van der Waals surface area (Å²) in [7, 11) is 0. The van der Waals surface area contributed by atoms with E-state index in [0.717, 1.165) is 114 Å². The summed E-state index contributed by atoms with van der Waals surface area (Å²) in [5.74, 6) is 1.59. The van der Waals surface area contributed by atoms with Crippen LogP contribution in [-0.2, 0) is 35.4 Å². The summed E-state index contributed by atoms with van der Waals surface area (Å²) in [5, 5.41) is 2.53. The highest BCUT2D eigenvalue weighted by molar-refractivity contribution is 7.98. The van der Waals surface area contributed by atoms with Gasteiger partial charge in [0.15, 0.2) is 0 Å². The molecule has 0 aliphatic carbocycles. The van der Waals surface area contributed by atoms with E-state index in [-0.39, 0.29) is 31.4 Å². The van der Waals surface area contributed by atoms with Crippen LogP contribution >= 0.6 is 11.9 Å². The van der Waals surface area contributed by atoms with Crippen LogP contribution in [0, 0.1) is 11.8 Å². The van der Waals surface area contributed by atoms with Gasteiger partial charge in [-0.1, -0.05) is 35.1 Å². The van der Waals surface area contributed by atoms with Gasteiger partial charge in [-0.25, -0.2) is 9.59 Å². The van der Waals surface area contributed by atoms with E-state index in [2.05, 4.69) is 42.7 Å². The molecule has 0 spiro atoms. The molecule has 0 bridgehead atoms. The molecule has 0 unspecified atom stereocenters. The van der Waals surface area contributed by atoms with Gasteiger partial charge in [-0.15, -0.1) is 0 Å². The van der Waals surface area contributed by atoms with Gasteiger partial charge < -0.3 is 34.1 Å². The van der Waals surface area contributed by atoms with Crippen LogP contribution in [0.2, 0.25) is 0 Å². The molecule has 13 heteroatoms. The van der Waals surface area contributed by atoms with Crippen LogP contribution < -0.4 is 0 Å². The van der Waals surface area contributed by atoms with Crippen molar-refractivity contribution in [2.75, 3.05) is 39.3 Å². The maximum Gasteiger partial charge on any atom is 0.410 e. The standard InChI is InChI=1S/C26H37N3O3S.C23H31N3O3.CH4/c1-17(2)33-29-22-8-7-19(24(30)27-12-9-18(3)10-13-27)15-20(22)21-16-28(14-11-23(21)29)25(31)32-26(4,5)6;1-15-7-10-25(11-8-15)21(27)16-5-6-19-17(13-16)18-14-26(12-9-20(18)24-19)22(28)29-23(2,3)4;/h7-8,15,17-18H,9-14,16H2,1-6H3;5-6,13,15,24H,7-12,14H2,1-4H3;1H4. The number of amides is 4. The van der Waals surface area contributed by atoms with Crippen LogP contribution in [0.1, 0.15) is 146 Å². The highest BCUT2D eigenvalue weighted by Gasteiger charge is 2.32. The Hall–Kier alpha value is -4.65. The SMILES string of the molecule is C.CC1CCN(C(=O)c2ccc3[nH]c4c(c3c2)CN(C(=O)OC(C)(C)C)CC4)CC1.CC1CCN(C(=O)c2ccc3c(c2)c2c(n3SC(C)C)CCN(C(=O)OC(C)(C)C)C2)CC1. The second kappa shape index (κ2) is 19.2. The Morgan fingerprint density at radius 1 is 0.651 bits per heavy atom. The summed E-state index contributed by atoms with van der Waals surface area (Å²) in [4.78, 5) is 62.5. The third kappa shape index (κ3) is 11.2. The van der Waals surface area contributed by atoms with Gasteiger partial charge in [-0.3, -0.25) is 13.6 Å². The van der Waals surface area contributed by atoms with Crippen LogP contribution in [0.5, 0.6) is 0 Å². The van der Waals surface area contributed by atoms with Crippen molar-refractivity contribution in [1.82, 2.24) is 28.6 Å². The Balaban J connectivity index is 0.000000208. The zero-order valence-corrected chi connectivity index (χ0v) is 39.5. The minimum absolute atomic E-state index is 0. The molecular weight excluding hydrogens is 813 g/mol. The summed E-state index contributed by atoms with van der Waals surface area (Å²) in [6, 6.07) is 12.0. The number of hydrogen-bond acceptors (Lipinski definition) is 7. The lowest BCUT2D eigenvalue weighted by molar-refractivity contribution is 0.0214. The van der Waals surface area contributed by atoms with Crippen molar-refractivity contribution in [3.63, 3.8) is 0 Å². The summed E-state index contributed by atoms with van der Waals surface area (Å²) >= 11 is 1.80. The molecule has 2 aromatic carbocycles. The lowest BCUT2D eigenvalue weighted by Crippen LogP contribution is -2.40. The lowest BCUT2D eigenvalue weighted by Gasteiger charge is -2.31. The van der Waals surface area contributed by atoms with Crippen LogP contribution in [-0.4, -0.2) is 108 Å². The fraction of sp³-hybridized carbons (Fsp3) is 0.600. The molecule has 6 heterocycles. The zero-order valence-electron chi connectivity index (χ0n) is 38.7. The summed E-state index contributed by atoms with van der Waals surface area (Å²) < 4.78 is 13.5. The van der Waals surface area contributed by atoms with Crippen LogP contribution in [0.3, 0.4) is 0 Å². The smallest absolute Gasteiger partial charge is 0.410 e. The average Bonchev–Trinajstić information content (AvgIpc) is 3.73. The first-order chi connectivity index (χ1) is 29.2. The molecule has 8 rings (SSSR count). The van der Waals surface area contributed by atoms with Crippen molar-refractivity contribution >= 4 is 57.8 Å². The molecule has 344 valence electrons. The molecule has 2 fully saturated rings. The van der Waals surface area contributed by atoms with Gasteiger partial charge in [-0.2, -0.15) is 0 Å². The Morgan fingerprint density at radius 2 is 1.13 bits per heavy atom. The Kier molecular flexibility index (Phi) is 14.6. The van der Waals surface area contributed by atoms with Crippen LogP contribution in [0.25, 0.3) is 21.8 Å². The predicted molar refractivity (Wildman–Crippen MR) is 254 cm³/mol. The molecule has 2 aromatic heterocycles. The van der Waals surface area contributed by atoms with E-state index < -0.39 is 11.2 Å². The maximum atomic E-state index is 13.3. The molecule has 1 N–H and O–H groups in total. The van der Waals surface area contributed by atoms with Gasteiger partial charge in [-0.05, 0) is 127 Å². The van der Waals surface area contributed by atoms with Crippen molar-refractivity contribution in [1.29, 1.82) is 0 Å². The largest absolute Gasteiger partial charge is 0.444 e. The molecule has 0 radical (unpaired) electrons. The third-order valence-electron chi connectivity index (χ3n) is 12.3. The normalized spacial score (nSPS) is 17.5. The first kappa shape index (κ1) is 47.8. The number of rotatable bonds is 4. The lowest BCUT2D eigenvalue weighted by atomic mass is 9.98. The molecule has 4 amide bonds. The number of likely N-dealkylation sites (tertiary alicyclic amines) is 2. The number of piperidine rings is 2. The van der Waals surface area contributed by atoms with E-state index in [1.54, 1.807) is 21.7 Å². The van der Waals surface area contributed by atoms with E-state index in [9.17, 15) is 19.2 Å². The number of carbonyl (C=O) groups is 4. The molecular formula is C50H72N6O6S.